The van der Waals surface area contributed by atoms with Crippen LogP contribution in [0.15, 0.2) is 54.7 Å². The van der Waals surface area contributed by atoms with Crippen molar-refractivity contribution in [2.24, 2.45) is 0 Å². The summed E-state index contributed by atoms with van der Waals surface area (Å²) in [5.74, 6) is 0. The van der Waals surface area contributed by atoms with Gasteiger partial charge in [-0.15, -0.1) is 0 Å². The van der Waals surface area contributed by atoms with E-state index in [2.05, 4.69) is 4.98 Å². The predicted molar refractivity (Wildman–Crippen MR) is 58.1 cm³/mol. The van der Waals surface area contributed by atoms with E-state index in [1.807, 2.05) is 48.5 Å². The van der Waals surface area contributed by atoms with Gasteiger partial charge in [-0.1, -0.05) is 36.4 Å². The van der Waals surface area contributed by atoms with Crippen molar-refractivity contribution >= 4 is 0 Å². The third-order valence-corrected chi connectivity index (χ3v) is 2.08. The molecule has 0 aliphatic heterocycles. The van der Waals surface area contributed by atoms with Crippen LogP contribution in [0.2, 0.25) is 0 Å². The second-order valence-electron chi connectivity index (χ2n) is 3.15. The Morgan fingerprint density at radius 2 is 1.79 bits per heavy atom. The molecule has 0 spiro atoms. The summed E-state index contributed by atoms with van der Waals surface area (Å²) >= 11 is 0. The van der Waals surface area contributed by atoms with Gasteiger partial charge in [0.05, 0.1) is 0 Å². The smallest absolute Gasteiger partial charge is 0.0406 e. The summed E-state index contributed by atoms with van der Waals surface area (Å²) in [7, 11) is 0. The summed E-state index contributed by atoms with van der Waals surface area (Å²) < 4.78 is 7.99. The van der Waals surface area contributed by atoms with Crippen molar-refractivity contribution in [3.8, 4) is 0 Å². The fraction of sp³-hybridized carbons (Fsp3) is 0.154. The number of pyridine rings is 1. The highest BCUT2D eigenvalue weighted by molar-refractivity contribution is 5.16. The van der Waals surface area contributed by atoms with Crippen molar-refractivity contribution in [2.75, 3.05) is 0 Å². The van der Waals surface area contributed by atoms with E-state index in [1.54, 1.807) is 6.20 Å². The maximum Gasteiger partial charge on any atom is 0.0406 e. The zero-order chi connectivity index (χ0) is 10.5. The van der Waals surface area contributed by atoms with Crippen LogP contribution in [-0.2, 0) is 12.8 Å². The minimum atomic E-state index is -0.270. The molecule has 1 nitrogen and oxygen atoms in total. The van der Waals surface area contributed by atoms with Crippen molar-refractivity contribution in [3.63, 3.8) is 0 Å². The van der Waals surface area contributed by atoms with Crippen LogP contribution in [0.3, 0.4) is 0 Å². The highest BCUT2D eigenvalue weighted by atomic mass is 14.7. The van der Waals surface area contributed by atoms with E-state index < -0.39 is 0 Å². The molecule has 1 heteroatoms. The molecular formula is C13H13N. The molecule has 2 rings (SSSR count). The molecule has 0 N–H and O–H groups in total. The van der Waals surface area contributed by atoms with Gasteiger partial charge in [0.1, 0.15) is 0 Å². The summed E-state index contributed by atoms with van der Waals surface area (Å²) in [6.07, 6.45) is 2.19. The number of aromatic nitrogens is 1. The maximum absolute atomic E-state index is 7.99. The Balaban J connectivity index is 2.08. The molecule has 1 aromatic heterocycles. The Kier molecular flexibility index (Phi) is 2.52. The van der Waals surface area contributed by atoms with E-state index in [4.69, 9.17) is 1.37 Å². The van der Waals surface area contributed by atoms with E-state index in [1.165, 1.54) is 5.56 Å². The van der Waals surface area contributed by atoms with Gasteiger partial charge in [0.25, 0.3) is 0 Å². The Bertz CT molecular complexity index is 399. The Morgan fingerprint density at radius 3 is 2.50 bits per heavy atom. The first-order valence-electron chi connectivity index (χ1n) is 5.31. The molecule has 0 amide bonds. The molecule has 14 heavy (non-hydrogen) atoms. The fourth-order valence-electron chi connectivity index (χ4n) is 1.33. The average Bonchev–Trinajstić information content (AvgIpc) is 2.31. The number of aryl methyl sites for hydroxylation is 2. The van der Waals surface area contributed by atoms with Gasteiger partial charge in [-0.2, -0.15) is 0 Å². The van der Waals surface area contributed by atoms with E-state index in [-0.39, 0.29) is 6.40 Å². The van der Waals surface area contributed by atoms with Gasteiger partial charge in [-0.05, 0) is 30.5 Å². The van der Waals surface area contributed by atoms with Crippen molar-refractivity contribution in [3.05, 3.63) is 66.0 Å². The van der Waals surface area contributed by atoms with Crippen LogP contribution >= 0.6 is 0 Å². The Morgan fingerprint density at radius 1 is 1.00 bits per heavy atom. The standard InChI is InChI=1S/C13H13N/c1-2-6-12(7-3-1)9-10-13-8-4-5-11-14-13/h1-8,11H,9-10H2/i10D. The lowest BCUT2D eigenvalue weighted by Crippen LogP contribution is -1.92. The molecule has 0 fully saturated rings. The zero-order valence-electron chi connectivity index (χ0n) is 8.93. The number of benzene rings is 1. The van der Waals surface area contributed by atoms with E-state index >= 15 is 0 Å². The first kappa shape index (κ1) is 7.74. The van der Waals surface area contributed by atoms with Crippen molar-refractivity contribution in [1.82, 2.24) is 4.98 Å². The normalized spacial score (nSPS) is 13.3. The van der Waals surface area contributed by atoms with Gasteiger partial charge >= 0.3 is 0 Å². The summed E-state index contributed by atoms with van der Waals surface area (Å²) in [5.41, 5.74) is 2.02. The molecule has 70 valence electrons. The summed E-state index contributed by atoms with van der Waals surface area (Å²) in [6, 6.07) is 15.8. The molecule has 2 aromatic rings. The number of rotatable bonds is 3. The molecule has 0 saturated carbocycles. The van der Waals surface area contributed by atoms with Crippen LogP contribution in [0.5, 0.6) is 0 Å². The van der Waals surface area contributed by atoms with Crippen molar-refractivity contribution < 1.29 is 1.37 Å². The lowest BCUT2D eigenvalue weighted by atomic mass is 10.1. The Labute approximate surface area is 85.8 Å². The SMILES string of the molecule is [2H]C(Cc1ccccc1)c1ccccn1. The molecule has 0 saturated heterocycles. The third-order valence-electron chi connectivity index (χ3n) is 2.08. The lowest BCUT2D eigenvalue weighted by molar-refractivity contribution is 0.914. The molecule has 1 aromatic carbocycles. The topological polar surface area (TPSA) is 12.9 Å². The summed E-state index contributed by atoms with van der Waals surface area (Å²) in [5, 5.41) is 0. The summed E-state index contributed by atoms with van der Waals surface area (Å²) in [4.78, 5) is 4.19. The van der Waals surface area contributed by atoms with Gasteiger partial charge in [-0.25, -0.2) is 0 Å². The van der Waals surface area contributed by atoms with Crippen LogP contribution in [0.1, 0.15) is 12.6 Å². The molecule has 0 aliphatic carbocycles. The largest absolute Gasteiger partial charge is 0.261 e. The number of nitrogens with zero attached hydrogens (tertiary/aromatic N) is 1. The first-order chi connectivity index (χ1) is 7.36. The van der Waals surface area contributed by atoms with Crippen molar-refractivity contribution in [1.29, 1.82) is 0 Å². The van der Waals surface area contributed by atoms with E-state index in [0.717, 1.165) is 12.1 Å². The van der Waals surface area contributed by atoms with E-state index in [0.29, 0.717) is 0 Å². The third kappa shape index (κ3) is 2.43. The maximum atomic E-state index is 7.99. The average molecular weight is 184 g/mol. The van der Waals surface area contributed by atoms with Crippen molar-refractivity contribution in [2.45, 2.75) is 12.8 Å². The number of hydrogen-bond acceptors (Lipinski definition) is 1. The Hall–Kier alpha value is -1.63. The van der Waals surface area contributed by atoms with Gasteiger partial charge < -0.3 is 0 Å². The minimum Gasteiger partial charge on any atom is -0.261 e. The van der Waals surface area contributed by atoms with Crippen LogP contribution in [0.25, 0.3) is 0 Å². The van der Waals surface area contributed by atoms with Crippen LogP contribution in [0, 0.1) is 0 Å². The molecule has 1 heterocycles. The van der Waals surface area contributed by atoms with Crippen LogP contribution < -0.4 is 0 Å². The second-order valence-corrected chi connectivity index (χ2v) is 3.15. The molecule has 0 aliphatic rings. The van der Waals surface area contributed by atoms with Gasteiger partial charge in [0.2, 0.25) is 0 Å². The highest BCUT2D eigenvalue weighted by Crippen LogP contribution is 2.04. The highest BCUT2D eigenvalue weighted by Gasteiger charge is 1.94. The fourth-order valence-corrected chi connectivity index (χ4v) is 1.33. The predicted octanol–water partition coefficient (Wildman–Crippen LogP) is 2.87. The second kappa shape index (κ2) is 4.56. The quantitative estimate of drug-likeness (QED) is 0.714. The van der Waals surface area contributed by atoms with Gasteiger partial charge in [0.15, 0.2) is 0 Å². The molecule has 1 atom stereocenters. The van der Waals surface area contributed by atoms with Crippen LogP contribution in [0.4, 0.5) is 0 Å². The monoisotopic (exact) mass is 184 g/mol. The minimum absolute atomic E-state index is 0.270. The van der Waals surface area contributed by atoms with E-state index in [9.17, 15) is 0 Å². The molecule has 0 bridgehead atoms. The van der Waals surface area contributed by atoms with Crippen LogP contribution in [-0.4, -0.2) is 4.98 Å². The first-order valence-corrected chi connectivity index (χ1v) is 4.73. The van der Waals surface area contributed by atoms with Gasteiger partial charge in [0, 0.05) is 13.3 Å². The zero-order valence-corrected chi connectivity index (χ0v) is 7.93. The van der Waals surface area contributed by atoms with Gasteiger partial charge in [-0.3, -0.25) is 4.98 Å². The molecule has 1 unspecified atom stereocenters. The lowest BCUT2D eigenvalue weighted by Gasteiger charge is -2.00. The summed E-state index contributed by atoms with van der Waals surface area (Å²) in [6.45, 7) is 0. The molecular weight excluding hydrogens is 170 g/mol. The molecule has 0 radical (unpaired) electrons. The number of hydrogen-bond donors (Lipinski definition) is 0.